The molecule has 2 rings (SSSR count). The fourth-order valence-electron chi connectivity index (χ4n) is 3.08. The van der Waals surface area contributed by atoms with Crippen molar-refractivity contribution in [2.75, 3.05) is 40.0 Å². The Morgan fingerprint density at radius 3 is 2.92 bits per heavy atom. The predicted molar refractivity (Wildman–Crippen MR) is 93.6 cm³/mol. The molecule has 1 saturated heterocycles. The third kappa shape index (κ3) is 5.41. The van der Waals surface area contributed by atoms with Crippen molar-refractivity contribution >= 4 is 5.97 Å². The van der Waals surface area contributed by atoms with Crippen LogP contribution in [0.25, 0.3) is 0 Å². The van der Waals surface area contributed by atoms with Gasteiger partial charge in [0.15, 0.2) is 11.5 Å². The van der Waals surface area contributed by atoms with Crippen LogP contribution in [0.4, 0.5) is 0 Å². The molecule has 1 aromatic carbocycles. The molecule has 0 saturated carbocycles. The third-order valence-corrected chi connectivity index (χ3v) is 4.32. The van der Waals surface area contributed by atoms with Gasteiger partial charge in [0.05, 0.1) is 26.2 Å². The van der Waals surface area contributed by atoms with E-state index in [-0.39, 0.29) is 11.9 Å². The molecule has 0 bridgehead atoms. The average Bonchev–Trinajstić information content (AvgIpc) is 2.60. The zero-order chi connectivity index (χ0) is 17.4. The smallest absolute Gasteiger partial charge is 0.310 e. The molecular formula is C19H29NO4. The van der Waals surface area contributed by atoms with Crippen LogP contribution in [0, 0.1) is 12.8 Å². The zero-order valence-corrected chi connectivity index (χ0v) is 15.0. The highest BCUT2D eigenvalue weighted by Crippen LogP contribution is 2.27. The SMILES string of the molecule is CCOC(=O)[C@H]1CCCN(CCCOc2ccc(C)cc2OC)C1. The van der Waals surface area contributed by atoms with Crippen molar-refractivity contribution < 1.29 is 19.0 Å². The fourth-order valence-corrected chi connectivity index (χ4v) is 3.08. The van der Waals surface area contributed by atoms with Crippen LogP contribution in [0.1, 0.15) is 31.7 Å². The molecule has 1 aliphatic rings. The number of ether oxygens (including phenoxy) is 3. The minimum atomic E-state index is -0.0529. The standard InChI is InChI=1S/C19H29NO4/c1-4-23-19(21)16-7-5-10-20(14-16)11-6-12-24-17-9-8-15(2)13-18(17)22-3/h8-9,13,16H,4-7,10-12,14H2,1-3H3/t16-/m0/s1. The molecule has 1 atom stereocenters. The molecule has 0 amide bonds. The summed E-state index contributed by atoms with van der Waals surface area (Å²) < 4.78 is 16.3. The first-order valence-corrected chi connectivity index (χ1v) is 8.80. The number of aryl methyl sites for hydroxylation is 1. The van der Waals surface area contributed by atoms with Gasteiger partial charge in [-0.1, -0.05) is 6.07 Å². The summed E-state index contributed by atoms with van der Waals surface area (Å²) in [6.07, 6.45) is 2.91. The molecule has 1 aromatic rings. The van der Waals surface area contributed by atoms with Gasteiger partial charge in [-0.2, -0.15) is 0 Å². The maximum atomic E-state index is 11.9. The lowest BCUT2D eigenvalue weighted by Gasteiger charge is -2.31. The maximum Gasteiger partial charge on any atom is 0.310 e. The first-order valence-electron chi connectivity index (χ1n) is 8.80. The fraction of sp³-hybridized carbons (Fsp3) is 0.632. The average molecular weight is 335 g/mol. The lowest BCUT2D eigenvalue weighted by molar-refractivity contribution is -0.149. The number of esters is 1. The van der Waals surface area contributed by atoms with Gasteiger partial charge in [-0.25, -0.2) is 0 Å². The van der Waals surface area contributed by atoms with Crippen LogP contribution in [0.2, 0.25) is 0 Å². The molecule has 0 unspecified atom stereocenters. The normalized spacial score (nSPS) is 18.2. The molecule has 5 nitrogen and oxygen atoms in total. The molecule has 0 spiro atoms. The van der Waals surface area contributed by atoms with E-state index < -0.39 is 0 Å². The van der Waals surface area contributed by atoms with E-state index in [1.165, 1.54) is 0 Å². The minimum absolute atomic E-state index is 0.0248. The summed E-state index contributed by atoms with van der Waals surface area (Å²) in [5.41, 5.74) is 1.15. The number of methoxy groups -OCH3 is 1. The summed E-state index contributed by atoms with van der Waals surface area (Å²) in [5, 5.41) is 0. The van der Waals surface area contributed by atoms with Gasteiger partial charge in [-0.15, -0.1) is 0 Å². The number of carbonyl (C=O) groups excluding carboxylic acids is 1. The van der Waals surface area contributed by atoms with Gasteiger partial charge in [-0.05, 0) is 57.4 Å². The third-order valence-electron chi connectivity index (χ3n) is 4.32. The highest BCUT2D eigenvalue weighted by atomic mass is 16.5. The summed E-state index contributed by atoms with van der Waals surface area (Å²) in [6, 6.07) is 5.95. The van der Waals surface area contributed by atoms with Gasteiger partial charge in [0.2, 0.25) is 0 Å². The molecule has 0 aliphatic carbocycles. The van der Waals surface area contributed by atoms with E-state index in [9.17, 15) is 4.79 Å². The predicted octanol–water partition coefficient (Wildman–Crippen LogP) is 3.05. The number of hydrogen-bond donors (Lipinski definition) is 0. The summed E-state index contributed by atoms with van der Waals surface area (Å²) >= 11 is 0. The van der Waals surface area contributed by atoms with Crippen LogP contribution in [-0.4, -0.2) is 50.8 Å². The second-order valence-electron chi connectivity index (χ2n) is 6.25. The van der Waals surface area contributed by atoms with E-state index in [0.717, 1.165) is 56.0 Å². The van der Waals surface area contributed by atoms with Gasteiger partial charge in [-0.3, -0.25) is 4.79 Å². The van der Waals surface area contributed by atoms with Gasteiger partial charge in [0.25, 0.3) is 0 Å². The Bertz CT molecular complexity index is 532. The molecule has 1 heterocycles. The van der Waals surface area contributed by atoms with Gasteiger partial charge in [0.1, 0.15) is 0 Å². The zero-order valence-electron chi connectivity index (χ0n) is 15.0. The van der Waals surface area contributed by atoms with Crippen LogP contribution in [0.5, 0.6) is 11.5 Å². The van der Waals surface area contributed by atoms with Crippen molar-refractivity contribution in [2.24, 2.45) is 5.92 Å². The van der Waals surface area contributed by atoms with E-state index in [1.54, 1.807) is 7.11 Å². The number of carbonyl (C=O) groups is 1. The molecule has 1 aliphatic heterocycles. The molecule has 0 radical (unpaired) electrons. The number of nitrogens with zero attached hydrogens (tertiary/aromatic N) is 1. The lowest BCUT2D eigenvalue weighted by Crippen LogP contribution is -2.40. The second-order valence-corrected chi connectivity index (χ2v) is 6.25. The van der Waals surface area contributed by atoms with E-state index in [2.05, 4.69) is 4.90 Å². The Morgan fingerprint density at radius 2 is 2.17 bits per heavy atom. The number of piperidine rings is 1. The first kappa shape index (κ1) is 18.6. The number of benzene rings is 1. The van der Waals surface area contributed by atoms with Crippen molar-refractivity contribution in [1.29, 1.82) is 0 Å². The molecule has 0 aromatic heterocycles. The highest BCUT2D eigenvalue weighted by Gasteiger charge is 2.26. The van der Waals surface area contributed by atoms with Crippen LogP contribution in [0.15, 0.2) is 18.2 Å². The number of hydrogen-bond acceptors (Lipinski definition) is 5. The molecule has 134 valence electrons. The maximum absolute atomic E-state index is 11.9. The van der Waals surface area contributed by atoms with Crippen LogP contribution < -0.4 is 9.47 Å². The molecule has 1 fully saturated rings. The van der Waals surface area contributed by atoms with Crippen molar-refractivity contribution in [3.05, 3.63) is 23.8 Å². The van der Waals surface area contributed by atoms with Gasteiger partial charge >= 0.3 is 5.97 Å². The van der Waals surface area contributed by atoms with E-state index in [0.29, 0.717) is 13.2 Å². The Labute approximate surface area is 144 Å². The highest BCUT2D eigenvalue weighted by molar-refractivity contribution is 5.72. The molecule has 5 heteroatoms. The largest absolute Gasteiger partial charge is 0.493 e. The number of rotatable bonds is 8. The van der Waals surface area contributed by atoms with E-state index >= 15 is 0 Å². The first-order chi connectivity index (χ1) is 11.6. The van der Waals surface area contributed by atoms with Crippen molar-refractivity contribution in [1.82, 2.24) is 4.90 Å². The Hall–Kier alpha value is -1.75. The quantitative estimate of drug-likeness (QED) is 0.540. The Balaban J connectivity index is 1.73. The molecule has 24 heavy (non-hydrogen) atoms. The Kier molecular flexibility index (Phi) is 7.37. The summed E-state index contributed by atoms with van der Waals surface area (Å²) in [5.74, 6) is 1.53. The van der Waals surface area contributed by atoms with Gasteiger partial charge < -0.3 is 19.1 Å². The van der Waals surface area contributed by atoms with Crippen molar-refractivity contribution in [2.45, 2.75) is 33.1 Å². The summed E-state index contributed by atoms with van der Waals surface area (Å²) in [7, 11) is 1.66. The lowest BCUT2D eigenvalue weighted by atomic mass is 9.98. The monoisotopic (exact) mass is 335 g/mol. The summed E-state index contributed by atoms with van der Waals surface area (Å²) in [4.78, 5) is 14.2. The number of likely N-dealkylation sites (tertiary alicyclic amines) is 1. The summed E-state index contributed by atoms with van der Waals surface area (Å²) in [6.45, 7) is 7.76. The van der Waals surface area contributed by atoms with Crippen LogP contribution in [0.3, 0.4) is 0 Å². The van der Waals surface area contributed by atoms with Crippen molar-refractivity contribution in [3.63, 3.8) is 0 Å². The van der Waals surface area contributed by atoms with E-state index in [4.69, 9.17) is 14.2 Å². The Morgan fingerprint density at radius 1 is 1.33 bits per heavy atom. The van der Waals surface area contributed by atoms with E-state index in [1.807, 2.05) is 32.0 Å². The van der Waals surface area contributed by atoms with Crippen LogP contribution >= 0.6 is 0 Å². The molecule has 0 N–H and O–H groups in total. The van der Waals surface area contributed by atoms with Gasteiger partial charge in [0, 0.05) is 13.1 Å². The minimum Gasteiger partial charge on any atom is -0.493 e. The second kappa shape index (κ2) is 9.52. The topological polar surface area (TPSA) is 48.0 Å². The van der Waals surface area contributed by atoms with Crippen molar-refractivity contribution in [3.8, 4) is 11.5 Å². The molecular weight excluding hydrogens is 306 g/mol. The van der Waals surface area contributed by atoms with Crippen LogP contribution in [-0.2, 0) is 9.53 Å².